The van der Waals surface area contributed by atoms with Crippen molar-refractivity contribution in [2.75, 3.05) is 11.9 Å². The molecule has 0 bridgehead atoms. The number of anilines is 1. The summed E-state index contributed by atoms with van der Waals surface area (Å²) in [7, 11) is 0. The van der Waals surface area contributed by atoms with Gasteiger partial charge in [0.15, 0.2) is 0 Å². The fraction of sp³-hybridized carbons (Fsp3) is 0.333. The van der Waals surface area contributed by atoms with Gasteiger partial charge in [0.05, 0.1) is 4.47 Å². The van der Waals surface area contributed by atoms with Gasteiger partial charge in [-0.05, 0) is 52.0 Å². The number of hydrogen-bond acceptors (Lipinski definition) is 1. The van der Waals surface area contributed by atoms with Crippen molar-refractivity contribution < 1.29 is 4.39 Å². The molecule has 0 spiro atoms. The molecule has 2 aromatic carbocycles. The maximum Gasteiger partial charge on any atom is 0.137 e. The van der Waals surface area contributed by atoms with Crippen molar-refractivity contribution in [2.45, 2.75) is 26.7 Å². The Balaban J connectivity index is 2.15. The van der Waals surface area contributed by atoms with Gasteiger partial charge in [-0.25, -0.2) is 4.39 Å². The van der Waals surface area contributed by atoms with Crippen LogP contribution < -0.4 is 5.32 Å². The summed E-state index contributed by atoms with van der Waals surface area (Å²) in [6, 6.07) is 13.9. The number of benzene rings is 2. The molecular weight excluding hydrogens is 329 g/mol. The van der Waals surface area contributed by atoms with Gasteiger partial charge in [-0.15, -0.1) is 0 Å². The molecule has 0 heterocycles. The summed E-state index contributed by atoms with van der Waals surface area (Å²) in [6.07, 6.45) is 0. The summed E-state index contributed by atoms with van der Waals surface area (Å²) in [5.74, 6) is 0.736. The standard InChI is InChI=1S/C18H21BrFN/c1-12(2)15(14-7-5-4-6-8-14)11-21-18-10-16(19)17(20)9-13(18)3/h4-10,12,15,21H,11H2,1-3H3. The summed E-state index contributed by atoms with van der Waals surface area (Å²) < 4.78 is 14.0. The molecule has 0 aliphatic rings. The minimum absolute atomic E-state index is 0.221. The summed E-state index contributed by atoms with van der Waals surface area (Å²) in [4.78, 5) is 0. The molecule has 0 aliphatic heterocycles. The minimum atomic E-state index is -0.221. The Kier molecular flexibility index (Phi) is 5.40. The molecule has 2 rings (SSSR count). The zero-order valence-electron chi connectivity index (χ0n) is 12.7. The molecule has 112 valence electrons. The van der Waals surface area contributed by atoms with Gasteiger partial charge in [0.1, 0.15) is 5.82 Å². The van der Waals surface area contributed by atoms with Gasteiger partial charge in [-0.2, -0.15) is 0 Å². The average Bonchev–Trinajstić information content (AvgIpc) is 2.45. The van der Waals surface area contributed by atoms with Gasteiger partial charge in [0.2, 0.25) is 0 Å². The van der Waals surface area contributed by atoms with Crippen LogP contribution in [-0.4, -0.2) is 6.54 Å². The Labute approximate surface area is 134 Å². The molecule has 0 aliphatic carbocycles. The molecule has 0 fully saturated rings. The second-order valence-corrected chi connectivity index (χ2v) is 6.58. The van der Waals surface area contributed by atoms with Crippen LogP contribution >= 0.6 is 15.9 Å². The molecule has 1 N–H and O–H groups in total. The summed E-state index contributed by atoms with van der Waals surface area (Å²) >= 11 is 3.25. The van der Waals surface area contributed by atoms with Crippen molar-refractivity contribution in [3.63, 3.8) is 0 Å². The largest absolute Gasteiger partial charge is 0.384 e. The topological polar surface area (TPSA) is 12.0 Å². The normalized spacial score (nSPS) is 12.5. The fourth-order valence-electron chi connectivity index (χ4n) is 2.50. The molecule has 2 aromatic rings. The van der Waals surface area contributed by atoms with Crippen molar-refractivity contribution in [1.29, 1.82) is 0 Å². The fourth-order valence-corrected chi connectivity index (χ4v) is 2.84. The van der Waals surface area contributed by atoms with E-state index in [2.05, 4.69) is 59.4 Å². The Bertz CT molecular complexity index is 596. The van der Waals surface area contributed by atoms with E-state index in [9.17, 15) is 4.39 Å². The third-order valence-electron chi connectivity index (χ3n) is 3.81. The molecule has 3 heteroatoms. The quantitative estimate of drug-likeness (QED) is 0.724. The zero-order valence-corrected chi connectivity index (χ0v) is 14.2. The molecular formula is C18H21BrFN. The van der Waals surface area contributed by atoms with Crippen LogP contribution in [0.25, 0.3) is 0 Å². The smallest absolute Gasteiger partial charge is 0.137 e. The van der Waals surface area contributed by atoms with Crippen LogP contribution in [-0.2, 0) is 0 Å². The second-order valence-electron chi connectivity index (χ2n) is 5.72. The van der Waals surface area contributed by atoms with Crippen LogP contribution in [0.1, 0.15) is 30.9 Å². The van der Waals surface area contributed by atoms with Crippen molar-refractivity contribution in [2.24, 2.45) is 5.92 Å². The second kappa shape index (κ2) is 7.08. The third-order valence-corrected chi connectivity index (χ3v) is 4.42. The molecule has 21 heavy (non-hydrogen) atoms. The van der Waals surface area contributed by atoms with E-state index < -0.39 is 0 Å². The van der Waals surface area contributed by atoms with E-state index in [-0.39, 0.29) is 5.82 Å². The minimum Gasteiger partial charge on any atom is -0.384 e. The van der Waals surface area contributed by atoms with E-state index in [0.717, 1.165) is 17.8 Å². The van der Waals surface area contributed by atoms with E-state index in [1.165, 1.54) is 5.56 Å². The predicted molar refractivity (Wildman–Crippen MR) is 91.3 cm³/mol. The lowest BCUT2D eigenvalue weighted by Crippen LogP contribution is -2.18. The molecule has 1 atom stereocenters. The third kappa shape index (κ3) is 4.07. The highest BCUT2D eigenvalue weighted by Gasteiger charge is 2.16. The number of hydrogen-bond donors (Lipinski definition) is 1. The summed E-state index contributed by atoms with van der Waals surface area (Å²) in [5.41, 5.74) is 3.23. The molecule has 0 saturated carbocycles. The first-order valence-corrected chi connectivity index (χ1v) is 8.02. The number of aryl methyl sites for hydroxylation is 1. The Morgan fingerprint density at radius 3 is 2.43 bits per heavy atom. The number of rotatable bonds is 5. The van der Waals surface area contributed by atoms with Gasteiger partial charge in [0, 0.05) is 18.2 Å². The first kappa shape index (κ1) is 16.0. The van der Waals surface area contributed by atoms with E-state index >= 15 is 0 Å². The van der Waals surface area contributed by atoms with Crippen molar-refractivity contribution in [1.82, 2.24) is 0 Å². The Morgan fingerprint density at radius 1 is 1.14 bits per heavy atom. The first-order valence-electron chi connectivity index (χ1n) is 7.23. The van der Waals surface area contributed by atoms with Gasteiger partial charge in [-0.3, -0.25) is 0 Å². The monoisotopic (exact) mass is 349 g/mol. The summed E-state index contributed by atoms with van der Waals surface area (Å²) in [6.45, 7) is 7.21. The lowest BCUT2D eigenvalue weighted by Gasteiger charge is -2.23. The molecule has 0 amide bonds. The lowest BCUT2D eigenvalue weighted by atomic mass is 9.88. The highest BCUT2D eigenvalue weighted by Crippen LogP contribution is 2.28. The SMILES string of the molecule is Cc1cc(F)c(Br)cc1NCC(c1ccccc1)C(C)C. The zero-order chi connectivity index (χ0) is 15.4. The predicted octanol–water partition coefficient (Wildman–Crippen LogP) is 5.75. The Morgan fingerprint density at radius 2 is 1.81 bits per heavy atom. The molecule has 0 radical (unpaired) electrons. The average molecular weight is 350 g/mol. The van der Waals surface area contributed by atoms with Gasteiger partial charge >= 0.3 is 0 Å². The molecule has 0 aromatic heterocycles. The van der Waals surface area contributed by atoms with Gasteiger partial charge in [-0.1, -0.05) is 44.2 Å². The maximum atomic E-state index is 13.5. The van der Waals surface area contributed by atoms with E-state index in [1.807, 2.05) is 19.1 Å². The van der Waals surface area contributed by atoms with Crippen LogP contribution in [0.4, 0.5) is 10.1 Å². The van der Waals surface area contributed by atoms with E-state index in [4.69, 9.17) is 0 Å². The highest BCUT2D eigenvalue weighted by atomic mass is 79.9. The van der Waals surface area contributed by atoms with Crippen LogP contribution in [0, 0.1) is 18.7 Å². The lowest BCUT2D eigenvalue weighted by molar-refractivity contribution is 0.517. The van der Waals surface area contributed by atoms with Crippen LogP contribution in [0.3, 0.4) is 0 Å². The van der Waals surface area contributed by atoms with Gasteiger partial charge in [0.25, 0.3) is 0 Å². The van der Waals surface area contributed by atoms with Crippen LogP contribution in [0.2, 0.25) is 0 Å². The first-order chi connectivity index (χ1) is 9.99. The number of halogens is 2. The van der Waals surface area contributed by atoms with Crippen molar-refractivity contribution >= 4 is 21.6 Å². The van der Waals surface area contributed by atoms with E-state index in [1.54, 1.807) is 6.07 Å². The maximum absolute atomic E-state index is 13.5. The Hall–Kier alpha value is -1.35. The molecule has 1 nitrogen and oxygen atoms in total. The van der Waals surface area contributed by atoms with Crippen molar-refractivity contribution in [3.05, 3.63) is 63.9 Å². The van der Waals surface area contributed by atoms with Gasteiger partial charge < -0.3 is 5.32 Å². The summed E-state index contributed by atoms with van der Waals surface area (Å²) in [5, 5.41) is 3.46. The molecule has 1 unspecified atom stereocenters. The van der Waals surface area contributed by atoms with E-state index in [0.29, 0.717) is 16.3 Å². The highest BCUT2D eigenvalue weighted by molar-refractivity contribution is 9.10. The number of nitrogens with one attached hydrogen (secondary N) is 1. The van der Waals surface area contributed by atoms with Crippen LogP contribution in [0.15, 0.2) is 46.9 Å². The van der Waals surface area contributed by atoms with Crippen molar-refractivity contribution in [3.8, 4) is 0 Å². The van der Waals surface area contributed by atoms with Crippen LogP contribution in [0.5, 0.6) is 0 Å². The molecule has 0 saturated heterocycles.